The number of hydrogen-bond acceptors (Lipinski definition) is 5. The molecule has 1 rings (SSSR count). The van der Waals surface area contributed by atoms with Crippen LogP contribution in [0.3, 0.4) is 0 Å². The van der Waals surface area contributed by atoms with E-state index in [0.29, 0.717) is 0 Å². The summed E-state index contributed by atoms with van der Waals surface area (Å²) in [6.07, 6.45) is 3.59. The van der Waals surface area contributed by atoms with Crippen molar-refractivity contribution in [3.05, 3.63) is 12.4 Å². The molecule has 0 radical (unpaired) electrons. The fourth-order valence-electron chi connectivity index (χ4n) is 1.00. The number of carbonyl (C=O) groups is 1. The Morgan fingerprint density at radius 1 is 1.60 bits per heavy atom. The Kier molecular flexibility index (Phi) is 3.13. The van der Waals surface area contributed by atoms with E-state index in [2.05, 4.69) is 9.84 Å². The van der Waals surface area contributed by atoms with Crippen LogP contribution in [0.5, 0.6) is 0 Å². The van der Waals surface area contributed by atoms with E-state index in [1.54, 1.807) is 6.92 Å². The average Bonchev–Trinajstić information content (AvgIpc) is 2.63. The third-order valence-corrected chi connectivity index (χ3v) is 3.01. The van der Waals surface area contributed by atoms with Gasteiger partial charge < -0.3 is 4.74 Å². The van der Waals surface area contributed by atoms with Gasteiger partial charge in [0.05, 0.1) is 13.3 Å². The molecule has 0 saturated carbocycles. The second-order valence-electron chi connectivity index (χ2n) is 3.13. The third kappa shape index (κ3) is 2.56. The Hall–Kier alpha value is -1.37. The Morgan fingerprint density at radius 3 is 2.60 bits per heavy atom. The minimum atomic E-state index is -3.28. The molecule has 1 aromatic heterocycles. The van der Waals surface area contributed by atoms with Crippen LogP contribution in [0.2, 0.25) is 0 Å². The molecule has 0 bridgehead atoms. The number of methoxy groups -OCH3 is 1. The number of nitrogens with zero attached hydrogens (tertiary/aromatic N) is 2. The maximum Gasteiger partial charge on any atom is 0.330 e. The highest BCUT2D eigenvalue weighted by molar-refractivity contribution is 7.90. The predicted molar refractivity (Wildman–Crippen MR) is 52.1 cm³/mol. The highest BCUT2D eigenvalue weighted by atomic mass is 32.2. The van der Waals surface area contributed by atoms with Crippen LogP contribution in [0.15, 0.2) is 17.3 Å². The van der Waals surface area contributed by atoms with Crippen molar-refractivity contribution in [3.63, 3.8) is 0 Å². The van der Waals surface area contributed by atoms with Crippen molar-refractivity contribution in [1.82, 2.24) is 9.78 Å². The summed E-state index contributed by atoms with van der Waals surface area (Å²) in [4.78, 5) is 11.2. The Bertz CT molecular complexity index is 463. The molecule has 1 unspecified atom stereocenters. The molecular formula is C8H12N2O4S. The van der Waals surface area contributed by atoms with Gasteiger partial charge in [-0.2, -0.15) is 5.10 Å². The minimum absolute atomic E-state index is 0.0817. The van der Waals surface area contributed by atoms with Crippen molar-refractivity contribution in [2.75, 3.05) is 13.4 Å². The van der Waals surface area contributed by atoms with Gasteiger partial charge in [-0.3, -0.25) is 4.68 Å². The zero-order valence-electron chi connectivity index (χ0n) is 8.67. The first-order valence-corrected chi connectivity index (χ1v) is 6.07. The van der Waals surface area contributed by atoms with Crippen molar-refractivity contribution >= 4 is 15.8 Å². The molecule has 0 fully saturated rings. The van der Waals surface area contributed by atoms with Gasteiger partial charge >= 0.3 is 5.97 Å². The lowest BCUT2D eigenvalue weighted by Gasteiger charge is -2.08. The topological polar surface area (TPSA) is 78.3 Å². The first-order valence-electron chi connectivity index (χ1n) is 4.18. The van der Waals surface area contributed by atoms with Gasteiger partial charge in [0, 0.05) is 12.5 Å². The standard InChI is InChI=1S/C8H12N2O4S/c1-6(8(11)14-2)10-5-7(4-9-10)15(3,12)13/h4-6H,1-3H3. The molecule has 0 aliphatic carbocycles. The number of rotatable bonds is 3. The molecule has 6 nitrogen and oxygen atoms in total. The summed E-state index contributed by atoms with van der Waals surface area (Å²) in [7, 11) is -2.02. The zero-order chi connectivity index (χ0) is 11.6. The summed E-state index contributed by atoms with van der Waals surface area (Å²) in [6.45, 7) is 1.57. The molecule has 84 valence electrons. The molecule has 1 heterocycles. The number of carbonyl (C=O) groups excluding carboxylic acids is 1. The van der Waals surface area contributed by atoms with Crippen LogP contribution in [0.25, 0.3) is 0 Å². The molecule has 0 aromatic carbocycles. The maximum absolute atomic E-state index is 11.1. The number of esters is 1. The molecule has 15 heavy (non-hydrogen) atoms. The maximum atomic E-state index is 11.1. The zero-order valence-corrected chi connectivity index (χ0v) is 9.48. The third-order valence-electron chi connectivity index (χ3n) is 1.95. The number of sulfone groups is 1. The summed E-state index contributed by atoms with van der Waals surface area (Å²) in [5.74, 6) is -0.474. The van der Waals surface area contributed by atoms with Crippen molar-refractivity contribution in [1.29, 1.82) is 0 Å². The van der Waals surface area contributed by atoms with Gasteiger partial charge in [-0.1, -0.05) is 0 Å². The van der Waals surface area contributed by atoms with Crippen LogP contribution in [-0.4, -0.2) is 37.5 Å². The van der Waals surface area contributed by atoms with Crippen molar-refractivity contribution in [2.45, 2.75) is 17.9 Å². The number of aromatic nitrogens is 2. The lowest BCUT2D eigenvalue weighted by atomic mass is 10.3. The van der Waals surface area contributed by atoms with Gasteiger partial charge in [-0.05, 0) is 6.92 Å². The Balaban J connectivity index is 3.00. The molecule has 1 atom stereocenters. The SMILES string of the molecule is COC(=O)C(C)n1cc(S(C)(=O)=O)cn1. The van der Waals surface area contributed by atoms with E-state index in [4.69, 9.17) is 0 Å². The molecule has 1 aromatic rings. The average molecular weight is 232 g/mol. The number of hydrogen-bond donors (Lipinski definition) is 0. The lowest BCUT2D eigenvalue weighted by molar-refractivity contribution is -0.144. The highest BCUT2D eigenvalue weighted by Gasteiger charge is 2.18. The molecule has 0 aliphatic heterocycles. The summed E-state index contributed by atoms with van der Waals surface area (Å²) in [5, 5.41) is 3.79. The fraction of sp³-hybridized carbons (Fsp3) is 0.500. The van der Waals surface area contributed by atoms with Crippen LogP contribution in [-0.2, 0) is 19.4 Å². The van der Waals surface area contributed by atoms with Gasteiger partial charge in [-0.15, -0.1) is 0 Å². The minimum Gasteiger partial charge on any atom is -0.467 e. The molecule has 7 heteroatoms. The lowest BCUT2D eigenvalue weighted by Crippen LogP contribution is -2.18. The molecule has 0 saturated heterocycles. The fourth-order valence-corrected chi connectivity index (χ4v) is 1.54. The van der Waals surface area contributed by atoms with Crippen LogP contribution in [0, 0.1) is 0 Å². The second-order valence-corrected chi connectivity index (χ2v) is 5.14. The van der Waals surface area contributed by atoms with E-state index in [1.165, 1.54) is 24.2 Å². The summed E-state index contributed by atoms with van der Waals surface area (Å²) >= 11 is 0. The van der Waals surface area contributed by atoms with E-state index in [-0.39, 0.29) is 4.90 Å². The van der Waals surface area contributed by atoms with Gasteiger partial charge in [0.2, 0.25) is 0 Å². The highest BCUT2D eigenvalue weighted by Crippen LogP contribution is 2.11. The van der Waals surface area contributed by atoms with Crippen molar-refractivity contribution in [3.8, 4) is 0 Å². The van der Waals surface area contributed by atoms with E-state index < -0.39 is 21.8 Å². The van der Waals surface area contributed by atoms with Crippen LogP contribution in [0.1, 0.15) is 13.0 Å². The number of ether oxygens (including phenoxy) is 1. The summed E-state index contributed by atoms with van der Waals surface area (Å²) in [5.41, 5.74) is 0. The summed E-state index contributed by atoms with van der Waals surface area (Å²) in [6, 6.07) is -0.634. The van der Waals surface area contributed by atoms with E-state index in [1.807, 2.05) is 0 Å². The van der Waals surface area contributed by atoms with Gasteiger partial charge in [0.15, 0.2) is 9.84 Å². The van der Waals surface area contributed by atoms with Gasteiger partial charge in [-0.25, -0.2) is 13.2 Å². The quantitative estimate of drug-likeness (QED) is 0.686. The van der Waals surface area contributed by atoms with Crippen molar-refractivity contribution < 1.29 is 17.9 Å². The van der Waals surface area contributed by atoms with E-state index >= 15 is 0 Å². The van der Waals surface area contributed by atoms with E-state index in [9.17, 15) is 13.2 Å². The van der Waals surface area contributed by atoms with E-state index in [0.717, 1.165) is 6.26 Å². The normalized spacial score (nSPS) is 13.5. The first-order chi connectivity index (χ1) is 6.86. The summed E-state index contributed by atoms with van der Waals surface area (Å²) < 4.78 is 28.0. The molecular weight excluding hydrogens is 220 g/mol. The monoisotopic (exact) mass is 232 g/mol. The van der Waals surface area contributed by atoms with Gasteiger partial charge in [0.1, 0.15) is 10.9 Å². The largest absolute Gasteiger partial charge is 0.467 e. The van der Waals surface area contributed by atoms with Crippen molar-refractivity contribution in [2.24, 2.45) is 0 Å². The van der Waals surface area contributed by atoms with Crippen LogP contribution >= 0.6 is 0 Å². The first kappa shape index (κ1) is 11.7. The molecule has 0 amide bonds. The molecule has 0 spiro atoms. The Labute approximate surface area is 87.8 Å². The van der Waals surface area contributed by atoms with Crippen LogP contribution in [0.4, 0.5) is 0 Å². The smallest absolute Gasteiger partial charge is 0.330 e. The second kappa shape index (κ2) is 4.01. The van der Waals surface area contributed by atoms with Crippen LogP contribution < -0.4 is 0 Å². The molecule has 0 N–H and O–H groups in total. The Morgan fingerprint density at radius 2 is 2.20 bits per heavy atom. The predicted octanol–water partition coefficient (Wildman–Crippen LogP) is 0.0206. The van der Waals surface area contributed by atoms with Gasteiger partial charge in [0.25, 0.3) is 0 Å². The molecule has 0 aliphatic rings.